The third-order valence-electron chi connectivity index (χ3n) is 3.29. The summed E-state index contributed by atoms with van der Waals surface area (Å²) in [6.45, 7) is 2.90. The van der Waals surface area contributed by atoms with Gasteiger partial charge in [-0.3, -0.25) is 9.59 Å². The second kappa shape index (κ2) is 6.19. The Kier molecular flexibility index (Phi) is 4.58. The minimum Gasteiger partial charge on any atom is -0.353 e. The maximum absolute atomic E-state index is 12.4. The molecule has 5 heteroatoms. The van der Waals surface area contributed by atoms with Crippen molar-refractivity contribution in [3.8, 4) is 0 Å². The number of amides is 2. The standard InChI is InChI=1S/C14H17BrN2O2/c1-10(18)16-11-6-8-17(9-7-11)14(19)12-4-2-3-5-13(12)15/h2-5,11H,6-9H2,1H3,(H,16,18). The van der Waals surface area contributed by atoms with Crippen molar-refractivity contribution in [1.82, 2.24) is 10.2 Å². The zero-order valence-corrected chi connectivity index (χ0v) is 12.4. The fourth-order valence-corrected chi connectivity index (χ4v) is 2.77. The largest absolute Gasteiger partial charge is 0.353 e. The highest BCUT2D eigenvalue weighted by molar-refractivity contribution is 9.10. The SMILES string of the molecule is CC(=O)NC1CCN(C(=O)c2ccccc2Br)CC1. The van der Waals surface area contributed by atoms with Gasteiger partial charge in [0.2, 0.25) is 5.91 Å². The smallest absolute Gasteiger partial charge is 0.254 e. The van der Waals surface area contributed by atoms with Gasteiger partial charge in [0.15, 0.2) is 0 Å². The van der Waals surface area contributed by atoms with Crippen LogP contribution in [0.3, 0.4) is 0 Å². The summed E-state index contributed by atoms with van der Waals surface area (Å²) in [6.07, 6.45) is 1.63. The van der Waals surface area contributed by atoms with Gasteiger partial charge in [-0.1, -0.05) is 12.1 Å². The van der Waals surface area contributed by atoms with Crippen LogP contribution in [0, 0.1) is 0 Å². The van der Waals surface area contributed by atoms with E-state index in [4.69, 9.17) is 0 Å². The van der Waals surface area contributed by atoms with Gasteiger partial charge in [-0.25, -0.2) is 0 Å². The summed E-state index contributed by atoms with van der Waals surface area (Å²) in [5.74, 6) is 0.0457. The molecule has 0 spiro atoms. The van der Waals surface area contributed by atoms with Crippen LogP contribution in [0.2, 0.25) is 0 Å². The van der Waals surface area contributed by atoms with Crippen LogP contribution < -0.4 is 5.32 Å². The van der Waals surface area contributed by atoms with Gasteiger partial charge in [0.1, 0.15) is 0 Å². The molecule has 0 aliphatic carbocycles. The number of carbonyl (C=O) groups excluding carboxylic acids is 2. The van der Waals surface area contributed by atoms with E-state index < -0.39 is 0 Å². The first-order chi connectivity index (χ1) is 9.08. The van der Waals surface area contributed by atoms with Crippen LogP contribution >= 0.6 is 15.9 Å². The number of carbonyl (C=O) groups is 2. The van der Waals surface area contributed by atoms with Gasteiger partial charge in [0.05, 0.1) is 5.56 Å². The predicted octanol–water partition coefficient (Wildman–Crippen LogP) is 2.19. The van der Waals surface area contributed by atoms with Crippen LogP contribution in [0.5, 0.6) is 0 Å². The van der Waals surface area contributed by atoms with Gasteiger partial charge in [-0.2, -0.15) is 0 Å². The molecule has 0 radical (unpaired) electrons. The number of nitrogens with one attached hydrogen (secondary N) is 1. The lowest BCUT2D eigenvalue weighted by atomic mass is 10.0. The Labute approximate surface area is 121 Å². The van der Waals surface area contributed by atoms with E-state index in [1.54, 1.807) is 0 Å². The second-order valence-electron chi connectivity index (χ2n) is 4.75. The molecule has 1 aromatic carbocycles. The molecule has 2 rings (SSSR count). The molecule has 1 saturated heterocycles. The van der Waals surface area contributed by atoms with Crippen LogP contribution in [0.1, 0.15) is 30.1 Å². The summed E-state index contributed by atoms with van der Waals surface area (Å²) in [7, 11) is 0. The molecule has 1 aromatic rings. The van der Waals surface area contributed by atoms with Crippen molar-refractivity contribution in [1.29, 1.82) is 0 Å². The molecule has 2 amide bonds. The molecule has 1 aliphatic rings. The summed E-state index contributed by atoms with van der Waals surface area (Å²) in [4.78, 5) is 25.2. The molecule has 0 bridgehead atoms. The summed E-state index contributed by atoms with van der Waals surface area (Å²) in [6, 6.07) is 7.65. The zero-order valence-electron chi connectivity index (χ0n) is 10.9. The molecular weight excluding hydrogens is 308 g/mol. The van der Waals surface area contributed by atoms with Crippen molar-refractivity contribution in [3.05, 3.63) is 34.3 Å². The average Bonchev–Trinajstić information content (AvgIpc) is 2.39. The Morgan fingerprint density at radius 2 is 1.89 bits per heavy atom. The highest BCUT2D eigenvalue weighted by Crippen LogP contribution is 2.20. The number of hydrogen-bond donors (Lipinski definition) is 1. The normalized spacial score (nSPS) is 16.2. The molecule has 102 valence electrons. The molecule has 0 atom stereocenters. The first-order valence-corrected chi connectivity index (χ1v) is 7.18. The molecule has 1 N–H and O–H groups in total. The van der Waals surface area contributed by atoms with Crippen LogP contribution in [-0.2, 0) is 4.79 Å². The van der Waals surface area contributed by atoms with E-state index in [1.807, 2.05) is 29.2 Å². The number of nitrogens with zero attached hydrogens (tertiary/aromatic N) is 1. The van der Waals surface area contributed by atoms with Crippen LogP contribution in [0.25, 0.3) is 0 Å². The molecule has 1 aliphatic heterocycles. The number of halogens is 1. The first-order valence-electron chi connectivity index (χ1n) is 6.39. The van der Waals surface area contributed by atoms with Gasteiger partial charge in [0.25, 0.3) is 5.91 Å². The fourth-order valence-electron chi connectivity index (χ4n) is 2.32. The summed E-state index contributed by atoms with van der Waals surface area (Å²) in [5, 5.41) is 2.91. The summed E-state index contributed by atoms with van der Waals surface area (Å²) in [5.41, 5.74) is 0.695. The Bertz CT molecular complexity index is 482. The molecule has 0 saturated carbocycles. The van der Waals surface area contributed by atoms with Crippen LogP contribution in [0.15, 0.2) is 28.7 Å². The Morgan fingerprint density at radius 3 is 2.47 bits per heavy atom. The monoisotopic (exact) mass is 324 g/mol. The third kappa shape index (κ3) is 3.56. The van der Waals surface area contributed by atoms with Gasteiger partial charge < -0.3 is 10.2 Å². The Hall–Kier alpha value is -1.36. The molecule has 1 heterocycles. The van der Waals surface area contributed by atoms with Gasteiger partial charge >= 0.3 is 0 Å². The van der Waals surface area contributed by atoms with E-state index in [1.165, 1.54) is 6.92 Å². The average molecular weight is 325 g/mol. The first kappa shape index (κ1) is 14.1. The number of hydrogen-bond acceptors (Lipinski definition) is 2. The quantitative estimate of drug-likeness (QED) is 0.906. The molecule has 0 aromatic heterocycles. The molecule has 1 fully saturated rings. The second-order valence-corrected chi connectivity index (χ2v) is 5.60. The lowest BCUT2D eigenvalue weighted by molar-refractivity contribution is -0.119. The van der Waals surface area contributed by atoms with Gasteiger partial charge in [0, 0.05) is 30.5 Å². The van der Waals surface area contributed by atoms with Crippen LogP contribution in [-0.4, -0.2) is 35.8 Å². The molecule has 0 unspecified atom stereocenters. The van der Waals surface area contributed by atoms with Crippen molar-refractivity contribution >= 4 is 27.7 Å². The summed E-state index contributed by atoms with van der Waals surface area (Å²) < 4.78 is 0.823. The van der Waals surface area contributed by atoms with Crippen molar-refractivity contribution in [2.45, 2.75) is 25.8 Å². The van der Waals surface area contributed by atoms with Gasteiger partial charge in [-0.05, 0) is 40.9 Å². The topological polar surface area (TPSA) is 49.4 Å². The molecular formula is C14H17BrN2O2. The highest BCUT2D eigenvalue weighted by Gasteiger charge is 2.24. The van der Waals surface area contributed by atoms with Gasteiger partial charge in [-0.15, -0.1) is 0 Å². The lowest BCUT2D eigenvalue weighted by Gasteiger charge is -2.32. The lowest BCUT2D eigenvalue weighted by Crippen LogP contribution is -2.46. The van der Waals surface area contributed by atoms with E-state index in [0.717, 1.165) is 17.3 Å². The number of likely N-dealkylation sites (tertiary alicyclic amines) is 1. The zero-order chi connectivity index (χ0) is 13.8. The minimum absolute atomic E-state index is 0.00409. The van der Waals surface area contributed by atoms with Crippen molar-refractivity contribution < 1.29 is 9.59 Å². The van der Waals surface area contributed by atoms with Crippen molar-refractivity contribution in [2.24, 2.45) is 0 Å². The molecule has 19 heavy (non-hydrogen) atoms. The Morgan fingerprint density at radius 1 is 1.26 bits per heavy atom. The maximum Gasteiger partial charge on any atom is 0.254 e. The summed E-state index contributed by atoms with van der Waals surface area (Å²) >= 11 is 3.40. The van der Waals surface area contributed by atoms with Crippen LogP contribution in [0.4, 0.5) is 0 Å². The number of benzene rings is 1. The minimum atomic E-state index is -0.00409. The predicted molar refractivity (Wildman–Crippen MR) is 76.9 cm³/mol. The third-order valence-corrected chi connectivity index (χ3v) is 3.99. The fraction of sp³-hybridized carbons (Fsp3) is 0.429. The highest BCUT2D eigenvalue weighted by atomic mass is 79.9. The Balaban J connectivity index is 1.96. The number of rotatable bonds is 2. The maximum atomic E-state index is 12.4. The van der Waals surface area contributed by atoms with Crippen molar-refractivity contribution in [2.75, 3.05) is 13.1 Å². The van der Waals surface area contributed by atoms with E-state index in [-0.39, 0.29) is 17.9 Å². The number of piperidine rings is 1. The van der Waals surface area contributed by atoms with E-state index >= 15 is 0 Å². The van der Waals surface area contributed by atoms with Crippen molar-refractivity contribution in [3.63, 3.8) is 0 Å². The van der Waals surface area contributed by atoms with E-state index in [0.29, 0.717) is 18.7 Å². The van der Waals surface area contributed by atoms with E-state index in [9.17, 15) is 9.59 Å². The molecule has 4 nitrogen and oxygen atoms in total. The van der Waals surface area contributed by atoms with E-state index in [2.05, 4.69) is 21.2 Å².